The average Bonchev–Trinajstić information content (AvgIpc) is 3.02. The van der Waals surface area contributed by atoms with Crippen molar-refractivity contribution in [1.82, 2.24) is 0 Å². The number of carbonyl (C=O) groups excluding carboxylic acids is 1. The zero-order chi connectivity index (χ0) is 19.4. The van der Waals surface area contributed by atoms with Gasteiger partial charge in [-0.05, 0) is 43.4 Å². The molecule has 1 heterocycles. The van der Waals surface area contributed by atoms with Gasteiger partial charge in [-0.1, -0.05) is 0 Å². The van der Waals surface area contributed by atoms with E-state index in [1.54, 1.807) is 0 Å². The van der Waals surface area contributed by atoms with Crippen molar-refractivity contribution in [3.63, 3.8) is 0 Å². The predicted octanol–water partition coefficient (Wildman–Crippen LogP) is 3.06. The van der Waals surface area contributed by atoms with Crippen molar-refractivity contribution < 1.29 is 14.8 Å². The number of carbonyl (C=O) groups is 1. The second-order valence-electron chi connectivity index (χ2n) is 6.12. The second-order valence-corrected chi connectivity index (χ2v) is 7.23. The summed E-state index contributed by atoms with van der Waals surface area (Å²) in [5, 5.41) is 35.6. The Kier molecular flexibility index (Phi) is 5.69. The number of nitro groups is 1. The van der Waals surface area contributed by atoms with Crippen LogP contribution in [0.3, 0.4) is 0 Å². The van der Waals surface area contributed by atoms with Gasteiger partial charge in [-0.15, -0.1) is 11.3 Å². The maximum atomic E-state index is 12.6. The van der Waals surface area contributed by atoms with Crippen LogP contribution in [-0.2, 0) is 12.8 Å². The Morgan fingerprint density at radius 1 is 1.37 bits per heavy atom. The van der Waals surface area contributed by atoms with E-state index in [2.05, 4.69) is 16.7 Å². The number of hydrogen-bond donors (Lipinski definition) is 3. The van der Waals surface area contributed by atoms with E-state index in [0.717, 1.165) is 36.1 Å². The average molecular weight is 386 g/mol. The van der Waals surface area contributed by atoms with E-state index in [4.69, 9.17) is 5.11 Å². The maximum absolute atomic E-state index is 12.6. The fraction of sp³-hybridized carbons (Fsp3) is 0.333. The number of anilines is 2. The van der Waals surface area contributed by atoms with Crippen LogP contribution in [-0.4, -0.2) is 29.1 Å². The third-order valence-electron chi connectivity index (χ3n) is 4.39. The first-order valence-corrected chi connectivity index (χ1v) is 9.36. The quantitative estimate of drug-likeness (QED) is 0.517. The van der Waals surface area contributed by atoms with Crippen LogP contribution in [0.4, 0.5) is 16.4 Å². The molecule has 27 heavy (non-hydrogen) atoms. The molecule has 0 saturated heterocycles. The fourth-order valence-corrected chi connectivity index (χ4v) is 4.35. The molecule has 8 nitrogen and oxygen atoms in total. The molecule has 140 valence electrons. The Morgan fingerprint density at radius 2 is 2.15 bits per heavy atom. The van der Waals surface area contributed by atoms with E-state index >= 15 is 0 Å². The molecule has 1 aromatic heterocycles. The number of aryl methyl sites for hydroxylation is 1. The standard InChI is InChI=1S/C18H18N4O4S/c19-10-13-12-3-1-2-4-16(12)27-18(13)21-17(24)11-5-6-14(20-7-8-23)15(9-11)22(25)26/h5-6,9,20,23H,1-4,7-8H2,(H,21,24). The van der Waals surface area contributed by atoms with Crippen LogP contribution in [0.5, 0.6) is 0 Å². The van der Waals surface area contributed by atoms with Crippen molar-refractivity contribution in [1.29, 1.82) is 5.26 Å². The Morgan fingerprint density at radius 3 is 2.85 bits per heavy atom. The lowest BCUT2D eigenvalue weighted by Gasteiger charge is -2.09. The number of nitro benzene ring substituents is 1. The number of benzene rings is 1. The molecule has 0 unspecified atom stereocenters. The Hall–Kier alpha value is -2.96. The molecule has 3 rings (SSSR count). The summed E-state index contributed by atoms with van der Waals surface area (Å²) in [7, 11) is 0. The topological polar surface area (TPSA) is 128 Å². The number of aliphatic hydroxyl groups excluding tert-OH is 1. The lowest BCUT2D eigenvalue weighted by molar-refractivity contribution is -0.384. The van der Waals surface area contributed by atoms with Crippen LogP contribution in [0.1, 0.15) is 39.2 Å². The predicted molar refractivity (Wildman–Crippen MR) is 102 cm³/mol. The number of nitrogens with one attached hydrogen (secondary N) is 2. The molecular weight excluding hydrogens is 368 g/mol. The number of aliphatic hydroxyl groups is 1. The van der Waals surface area contributed by atoms with Crippen LogP contribution < -0.4 is 10.6 Å². The number of fused-ring (bicyclic) bond motifs is 1. The van der Waals surface area contributed by atoms with Crippen molar-refractivity contribution in [2.75, 3.05) is 23.8 Å². The van der Waals surface area contributed by atoms with Gasteiger partial charge in [0.2, 0.25) is 0 Å². The van der Waals surface area contributed by atoms with Crippen molar-refractivity contribution in [3.05, 3.63) is 49.9 Å². The van der Waals surface area contributed by atoms with Crippen LogP contribution in [0.25, 0.3) is 0 Å². The van der Waals surface area contributed by atoms with Crippen molar-refractivity contribution in [2.45, 2.75) is 25.7 Å². The molecule has 0 aliphatic heterocycles. The molecule has 0 spiro atoms. The van der Waals surface area contributed by atoms with E-state index in [1.807, 2.05) is 0 Å². The lowest BCUT2D eigenvalue weighted by Crippen LogP contribution is -2.13. The number of nitrogens with zero attached hydrogens (tertiary/aromatic N) is 2. The maximum Gasteiger partial charge on any atom is 0.293 e. The van der Waals surface area contributed by atoms with Gasteiger partial charge in [0.1, 0.15) is 16.8 Å². The van der Waals surface area contributed by atoms with Crippen molar-refractivity contribution in [2.24, 2.45) is 0 Å². The second kappa shape index (κ2) is 8.16. The summed E-state index contributed by atoms with van der Waals surface area (Å²) in [6.45, 7) is -0.00195. The Labute approximate surface area is 159 Å². The minimum atomic E-state index is -0.582. The highest BCUT2D eigenvalue weighted by Gasteiger charge is 2.23. The first-order valence-electron chi connectivity index (χ1n) is 8.54. The van der Waals surface area contributed by atoms with Gasteiger partial charge in [-0.25, -0.2) is 0 Å². The van der Waals surface area contributed by atoms with Gasteiger partial charge in [-0.3, -0.25) is 14.9 Å². The summed E-state index contributed by atoms with van der Waals surface area (Å²) in [5.41, 5.74) is 1.63. The third-order valence-corrected chi connectivity index (χ3v) is 5.60. The van der Waals surface area contributed by atoms with Gasteiger partial charge in [-0.2, -0.15) is 5.26 Å². The Bertz CT molecular complexity index is 932. The monoisotopic (exact) mass is 386 g/mol. The minimum Gasteiger partial charge on any atom is -0.395 e. The molecule has 0 fully saturated rings. The molecule has 2 aromatic rings. The number of nitriles is 1. The van der Waals surface area contributed by atoms with Gasteiger partial charge in [0, 0.05) is 23.1 Å². The van der Waals surface area contributed by atoms with Crippen LogP contribution in [0.2, 0.25) is 0 Å². The SMILES string of the molecule is N#Cc1c(NC(=O)c2ccc(NCCO)c([N+](=O)[O-])c2)sc2c1CCCC2. The highest BCUT2D eigenvalue weighted by Crippen LogP contribution is 2.38. The zero-order valence-electron chi connectivity index (χ0n) is 14.4. The smallest absolute Gasteiger partial charge is 0.293 e. The lowest BCUT2D eigenvalue weighted by atomic mass is 9.96. The number of amides is 1. The van der Waals surface area contributed by atoms with Gasteiger partial charge >= 0.3 is 0 Å². The molecule has 9 heteroatoms. The van der Waals surface area contributed by atoms with E-state index in [1.165, 1.54) is 29.5 Å². The largest absolute Gasteiger partial charge is 0.395 e. The number of hydrogen-bond acceptors (Lipinski definition) is 7. The third kappa shape index (κ3) is 3.92. The molecule has 1 amide bonds. The molecule has 0 radical (unpaired) electrons. The molecule has 0 saturated carbocycles. The highest BCUT2D eigenvalue weighted by molar-refractivity contribution is 7.16. The summed E-state index contributed by atoms with van der Waals surface area (Å²) < 4.78 is 0. The van der Waals surface area contributed by atoms with Crippen molar-refractivity contribution in [3.8, 4) is 6.07 Å². The normalized spacial score (nSPS) is 12.7. The van der Waals surface area contributed by atoms with Crippen LogP contribution in [0, 0.1) is 21.4 Å². The summed E-state index contributed by atoms with van der Waals surface area (Å²) in [5.74, 6) is -0.498. The van der Waals surface area contributed by atoms with Gasteiger partial charge in [0.25, 0.3) is 11.6 Å². The molecule has 3 N–H and O–H groups in total. The molecule has 0 bridgehead atoms. The van der Waals surface area contributed by atoms with Gasteiger partial charge < -0.3 is 15.7 Å². The Balaban J connectivity index is 1.87. The summed E-state index contributed by atoms with van der Waals surface area (Å²) in [4.78, 5) is 24.4. The summed E-state index contributed by atoms with van der Waals surface area (Å²) in [6, 6.07) is 6.28. The van der Waals surface area contributed by atoms with E-state index in [9.17, 15) is 20.2 Å². The van der Waals surface area contributed by atoms with Crippen LogP contribution >= 0.6 is 11.3 Å². The summed E-state index contributed by atoms with van der Waals surface area (Å²) in [6.07, 6.45) is 3.84. The first-order chi connectivity index (χ1) is 13.0. The van der Waals surface area contributed by atoms with E-state index in [-0.39, 0.29) is 30.1 Å². The highest BCUT2D eigenvalue weighted by atomic mass is 32.1. The van der Waals surface area contributed by atoms with Crippen molar-refractivity contribution >= 4 is 33.6 Å². The van der Waals surface area contributed by atoms with E-state index < -0.39 is 10.8 Å². The van der Waals surface area contributed by atoms with E-state index in [0.29, 0.717) is 10.6 Å². The molecular formula is C18H18N4O4S. The fourth-order valence-electron chi connectivity index (χ4n) is 3.11. The number of thiophene rings is 1. The minimum absolute atomic E-state index is 0.131. The van der Waals surface area contributed by atoms with Gasteiger partial charge in [0.15, 0.2) is 0 Å². The van der Waals surface area contributed by atoms with Gasteiger partial charge in [0.05, 0.1) is 17.1 Å². The molecule has 0 atom stereocenters. The molecule has 1 aliphatic carbocycles. The molecule has 1 aromatic carbocycles. The van der Waals surface area contributed by atoms with Crippen LogP contribution in [0.15, 0.2) is 18.2 Å². The summed E-state index contributed by atoms with van der Waals surface area (Å²) >= 11 is 1.41. The molecule has 1 aliphatic rings. The number of rotatable bonds is 6. The zero-order valence-corrected chi connectivity index (χ0v) is 15.3. The first kappa shape index (κ1) is 18.8.